The molecule has 1 aromatic rings. The highest BCUT2D eigenvalue weighted by Gasteiger charge is 2.51. The summed E-state index contributed by atoms with van der Waals surface area (Å²) < 4.78 is 11.4. The first-order valence-electron chi connectivity index (χ1n) is 9.01. The lowest BCUT2D eigenvalue weighted by molar-refractivity contribution is -0.321. The van der Waals surface area contributed by atoms with Gasteiger partial charge in [0.25, 0.3) is 0 Å². The van der Waals surface area contributed by atoms with Crippen LogP contribution in [-0.2, 0) is 20.9 Å². The molecule has 1 fully saturated rings. The SMILES string of the molecule is C[C@@H]1C[C@H](C)[C@@H]([C@@H](C)CO)O[C@@]1(O)[C@H](C)C(=O)OCc1ccccc1. The molecule has 140 valence electrons. The van der Waals surface area contributed by atoms with Crippen LogP contribution in [0.25, 0.3) is 0 Å². The van der Waals surface area contributed by atoms with Gasteiger partial charge in [-0.1, -0.05) is 51.1 Å². The third-order valence-corrected chi connectivity index (χ3v) is 5.36. The van der Waals surface area contributed by atoms with E-state index in [-0.39, 0.29) is 37.1 Å². The Morgan fingerprint density at radius 3 is 2.56 bits per heavy atom. The van der Waals surface area contributed by atoms with Crippen molar-refractivity contribution in [1.82, 2.24) is 0 Å². The van der Waals surface area contributed by atoms with E-state index in [0.717, 1.165) is 12.0 Å². The molecule has 1 aromatic carbocycles. The molecule has 0 saturated carbocycles. The van der Waals surface area contributed by atoms with Crippen molar-refractivity contribution in [3.63, 3.8) is 0 Å². The number of aliphatic hydroxyl groups is 2. The van der Waals surface area contributed by atoms with Crippen LogP contribution in [0.15, 0.2) is 30.3 Å². The van der Waals surface area contributed by atoms with Crippen LogP contribution >= 0.6 is 0 Å². The van der Waals surface area contributed by atoms with Crippen molar-refractivity contribution in [2.45, 2.75) is 52.6 Å². The summed E-state index contributed by atoms with van der Waals surface area (Å²) in [5.41, 5.74) is 0.896. The van der Waals surface area contributed by atoms with Gasteiger partial charge in [-0.05, 0) is 24.8 Å². The molecule has 1 aliphatic rings. The van der Waals surface area contributed by atoms with Crippen LogP contribution < -0.4 is 0 Å². The number of hydrogen-bond acceptors (Lipinski definition) is 5. The molecule has 1 saturated heterocycles. The summed E-state index contributed by atoms with van der Waals surface area (Å²) in [6, 6.07) is 9.43. The summed E-state index contributed by atoms with van der Waals surface area (Å²) in [6.45, 7) is 7.60. The highest BCUT2D eigenvalue weighted by molar-refractivity contribution is 5.73. The molecule has 1 aliphatic heterocycles. The largest absolute Gasteiger partial charge is 0.460 e. The normalized spacial score (nSPS) is 32.0. The van der Waals surface area contributed by atoms with Gasteiger partial charge in [-0.2, -0.15) is 0 Å². The van der Waals surface area contributed by atoms with Crippen LogP contribution in [0.1, 0.15) is 39.7 Å². The second-order valence-electron chi connectivity index (χ2n) is 7.42. The van der Waals surface area contributed by atoms with Crippen LogP contribution in [-0.4, -0.2) is 34.7 Å². The molecule has 0 unspecified atom stereocenters. The summed E-state index contributed by atoms with van der Waals surface area (Å²) in [4.78, 5) is 12.5. The van der Waals surface area contributed by atoms with Gasteiger partial charge in [0.05, 0.1) is 6.10 Å². The van der Waals surface area contributed by atoms with Crippen molar-refractivity contribution in [1.29, 1.82) is 0 Å². The minimum atomic E-state index is -1.59. The van der Waals surface area contributed by atoms with E-state index in [0.29, 0.717) is 0 Å². The minimum absolute atomic E-state index is 0.0215. The van der Waals surface area contributed by atoms with Gasteiger partial charge >= 0.3 is 5.97 Å². The number of ether oxygens (including phenoxy) is 2. The standard InChI is InChI=1S/C20H30O5/c1-13-10-15(3)20(23,25-18(13)14(2)11-21)16(4)19(22)24-12-17-8-6-5-7-9-17/h5-9,13-16,18,21,23H,10-12H2,1-4H3/t13-,14-,15+,16+,18-,20+/m0/s1. The Morgan fingerprint density at radius 2 is 1.96 bits per heavy atom. The molecule has 1 heterocycles. The summed E-state index contributed by atoms with van der Waals surface area (Å²) in [5.74, 6) is -3.00. The molecule has 5 heteroatoms. The second kappa shape index (κ2) is 8.30. The number of benzene rings is 1. The summed E-state index contributed by atoms with van der Waals surface area (Å²) in [5, 5.41) is 20.5. The second-order valence-corrected chi connectivity index (χ2v) is 7.42. The van der Waals surface area contributed by atoms with Gasteiger partial charge in [0, 0.05) is 18.4 Å². The maximum Gasteiger partial charge on any atom is 0.314 e. The molecule has 0 radical (unpaired) electrons. The van der Waals surface area contributed by atoms with E-state index in [1.54, 1.807) is 6.92 Å². The van der Waals surface area contributed by atoms with Crippen LogP contribution in [0.5, 0.6) is 0 Å². The van der Waals surface area contributed by atoms with E-state index in [1.165, 1.54) is 0 Å². The van der Waals surface area contributed by atoms with Crippen molar-refractivity contribution < 1.29 is 24.5 Å². The summed E-state index contributed by atoms with van der Waals surface area (Å²) in [6.07, 6.45) is 0.428. The topological polar surface area (TPSA) is 76.0 Å². The molecule has 0 spiro atoms. The number of carbonyl (C=O) groups is 1. The predicted molar refractivity (Wildman–Crippen MR) is 94.4 cm³/mol. The van der Waals surface area contributed by atoms with E-state index in [9.17, 15) is 15.0 Å². The van der Waals surface area contributed by atoms with E-state index in [4.69, 9.17) is 9.47 Å². The smallest absolute Gasteiger partial charge is 0.314 e. The number of esters is 1. The summed E-state index contributed by atoms with van der Waals surface area (Å²) in [7, 11) is 0. The number of rotatable bonds is 6. The third-order valence-electron chi connectivity index (χ3n) is 5.36. The highest BCUT2D eigenvalue weighted by Crippen LogP contribution is 2.42. The van der Waals surface area contributed by atoms with Gasteiger partial charge in [-0.15, -0.1) is 0 Å². The van der Waals surface area contributed by atoms with Crippen molar-refractivity contribution in [3.8, 4) is 0 Å². The fraction of sp³-hybridized carbons (Fsp3) is 0.650. The van der Waals surface area contributed by atoms with Gasteiger partial charge < -0.3 is 19.7 Å². The van der Waals surface area contributed by atoms with E-state index >= 15 is 0 Å². The Balaban J connectivity index is 2.06. The van der Waals surface area contributed by atoms with Crippen molar-refractivity contribution in [3.05, 3.63) is 35.9 Å². The first-order valence-corrected chi connectivity index (χ1v) is 9.01. The van der Waals surface area contributed by atoms with Gasteiger partial charge in [0.1, 0.15) is 12.5 Å². The molecule has 0 bridgehead atoms. The Bertz CT molecular complexity index is 560. The lowest BCUT2D eigenvalue weighted by Crippen LogP contribution is -2.57. The molecular weight excluding hydrogens is 320 g/mol. The maximum atomic E-state index is 12.5. The monoisotopic (exact) mass is 350 g/mol. The predicted octanol–water partition coefficient (Wildman–Crippen LogP) is 2.74. The Morgan fingerprint density at radius 1 is 1.32 bits per heavy atom. The van der Waals surface area contributed by atoms with E-state index in [1.807, 2.05) is 51.1 Å². The molecule has 0 aliphatic carbocycles. The fourth-order valence-electron chi connectivity index (χ4n) is 3.64. The summed E-state index contributed by atoms with van der Waals surface area (Å²) >= 11 is 0. The minimum Gasteiger partial charge on any atom is -0.460 e. The molecule has 0 aromatic heterocycles. The van der Waals surface area contributed by atoms with Gasteiger partial charge in [-0.3, -0.25) is 4.79 Å². The zero-order chi connectivity index (χ0) is 18.6. The molecule has 2 N–H and O–H groups in total. The Hall–Kier alpha value is -1.43. The first kappa shape index (κ1) is 19.9. The lowest BCUT2D eigenvalue weighted by Gasteiger charge is -2.48. The van der Waals surface area contributed by atoms with Gasteiger partial charge in [0.2, 0.25) is 0 Å². The zero-order valence-corrected chi connectivity index (χ0v) is 15.5. The zero-order valence-electron chi connectivity index (χ0n) is 15.5. The molecule has 6 atom stereocenters. The average Bonchev–Trinajstić information content (AvgIpc) is 2.62. The van der Waals surface area contributed by atoms with Gasteiger partial charge in [0.15, 0.2) is 5.79 Å². The first-order chi connectivity index (χ1) is 11.8. The average molecular weight is 350 g/mol. The van der Waals surface area contributed by atoms with Crippen LogP contribution in [0.3, 0.4) is 0 Å². The van der Waals surface area contributed by atoms with Crippen LogP contribution in [0, 0.1) is 23.7 Å². The molecule has 2 rings (SSSR count). The number of carbonyl (C=O) groups excluding carboxylic acids is 1. The maximum absolute atomic E-state index is 12.5. The number of aliphatic hydroxyl groups excluding tert-OH is 1. The quantitative estimate of drug-likeness (QED) is 0.772. The fourth-order valence-corrected chi connectivity index (χ4v) is 3.64. The van der Waals surface area contributed by atoms with Crippen molar-refractivity contribution in [2.75, 3.05) is 6.61 Å². The lowest BCUT2D eigenvalue weighted by atomic mass is 9.76. The highest BCUT2D eigenvalue weighted by atomic mass is 16.6. The molecule has 25 heavy (non-hydrogen) atoms. The van der Waals surface area contributed by atoms with Crippen LogP contribution in [0.2, 0.25) is 0 Å². The van der Waals surface area contributed by atoms with Crippen molar-refractivity contribution in [2.24, 2.45) is 23.7 Å². The van der Waals surface area contributed by atoms with Gasteiger partial charge in [-0.25, -0.2) is 0 Å². The van der Waals surface area contributed by atoms with Crippen LogP contribution in [0.4, 0.5) is 0 Å². The molecule has 5 nitrogen and oxygen atoms in total. The van der Waals surface area contributed by atoms with Crippen molar-refractivity contribution >= 4 is 5.97 Å². The molecular formula is C20H30O5. The Labute approximate surface area is 150 Å². The Kier molecular flexibility index (Phi) is 6.60. The van der Waals surface area contributed by atoms with E-state index in [2.05, 4.69) is 0 Å². The molecule has 0 amide bonds. The number of hydrogen-bond donors (Lipinski definition) is 2. The third kappa shape index (κ3) is 4.40. The van der Waals surface area contributed by atoms with E-state index < -0.39 is 17.7 Å².